The van der Waals surface area contributed by atoms with Crippen LogP contribution in [-0.4, -0.2) is 53.3 Å². The fourth-order valence-electron chi connectivity index (χ4n) is 5.53. The molecule has 1 aliphatic rings. The van der Waals surface area contributed by atoms with E-state index < -0.39 is 32.5 Å². The third kappa shape index (κ3) is 30.8. The van der Waals surface area contributed by atoms with Gasteiger partial charge in [0.2, 0.25) is 0 Å². The summed E-state index contributed by atoms with van der Waals surface area (Å²) in [6.07, 6.45) is 34.8. The zero-order chi connectivity index (χ0) is 36.0. The molecule has 1 heterocycles. The minimum absolute atomic E-state index is 0.188. The van der Waals surface area contributed by atoms with Crippen molar-refractivity contribution < 1.29 is 42.7 Å². The van der Waals surface area contributed by atoms with Crippen LogP contribution in [-0.2, 0) is 32.9 Å². The molecule has 284 valence electrons. The molecule has 0 aromatic heterocycles. The Morgan fingerprint density at radius 3 is 1.94 bits per heavy atom. The molecule has 0 aromatic carbocycles. The molecule has 0 amide bonds. The molecule has 10 heteroatoms. The monoisotopic (exact) mass is 712 g/mol. The van der Waals surface area contributed by atoms with Gasteiger partial charge < -0.3 is 24.0 Å². The average Bonchev–Trinajstić information content (AvgIpc) is 3.80. The van der Waals surface area contributed by atoms with E-state index >= 15 is 0 Å². The maximum atomic E-state index is 12.4. The van der Waals surface area contributed by atoms with Gasteiger partial charge in [0.15, 0.2) is 6.10 Å². The number of hydrogen-bond acceptors (Lipinski definition) is 7. The average molecular weight is 713 g/mol. The Morgan fingerprint density at radius 2 is 1.31 bits per heavy atom. The third-order valence-corrected chi connectivity index (χ3v) is 9.00. The first kappa shape index (κ1) is 45.3. The van der Waals surface area contributed by atoms with Crippen molar-refractivity contribution in [3.8, 4) is 0 Å². The smallest absolute Gasteiger partial charge is 0.462 e. The summed E-state index contributed by atoms with van der Waals surface area (Å²) in [5.41, 5.74) is 0. The number of epoxide rings is 1. The van der Waals surface area contributed by atoms with Crippen molar-refractivity contribution in [3.63, 3.8) is 0 Å². The topological polar surface area (TPSA) is 132 Å². The number of rotatable bonds is 33. The zero-order valence-corrected chi connectivity index (χ0v) is 31.8. The Balaban J connectivity index is 2.12. The summed E-state index contributed by atoms with van der Waals surface area (Å²) in [6.45, 7) is 5.90. The van der Waals surface area contributed by atoms with E-state index in [9.17, 15) is 14.2 Å². The van der Waals surface area contributed by atoms with Gasteiger partial charge in [0, 0.05) is 12.8 Å². The highest BCUT2D eigenvalue weighted by molar-refractivity contribution is 7.46. The number of unbranched alkanes of at least 4 members (excludes halogenated alkanes) is 12. The van der Waals surface area contributed by atoms with Gasteiger partial charge in [0.05, 0.1) is 18.8 Å². The van der Waals surface area contributed by atoms with Gasteiger partial charge in [-0.3, -0.25) is 14.1 Å². The van der Waals surface area contributed by atoms with E-state index in [1.165, 1.54) is 70.6 Å². The molecule has 1 aliphatic heterocycles. The van der Waals surface area contributed by atoms with Crippen LogP contribution in [0, 0.1) is 5.92 Å². The lowest BCUT2D eigenvalue weighted by atomic mass is 10.0. The number of hydrogen-bond donors (Lipinski definition) is 2. The molecule has 0 saturated carbocycles. The van der Waals surface area contributed by atoms with Crippen LogP contribution >= 0.6 is 7.82 Å². The van der Waals surface area contributed by atoms with E-state index in [1.807, 2.05) is 6.08 Å². The van der Waals surface area contributed by atoms with E-state index in [0.29, 0.717) is 25.0 Å². The largest absolute Gasteiger partial charge is 0.469 e. The first-order chi connectivity index (χ1) is 23.6. The highest BCUT2D eigenvalue weighted by atomic mass is 31.2. The molecule has 3 atom stereocenters. The van der Waals surface area contributed by atoms with Gasteiger partial charge in [-0.05, 0) is 50.9 Å². The van der Waals surface area contributed by atoms with Gasteiger partial charge in [0.1, 0.15) is 6.61 Å². The van der Waals surface area contributed by atoms with E-state index in [2.05, 4.69) is 55.7 Å². The van der Waals surface area contributed by atoms with Crippen molar-refractivity contribution in [3.05, 3.63) is 36.5 Å². The van der Waals surface area contributed by atoms with Crippen LogP contribution in [0.15, 0.2) is 36.5 Å². The molecule has 49 heavy (non-hydrogen) atoms. The van der Waals surface area contributed by atoms with E-state index in [4.69, 9.17) is 24.0 Å². The second kappa shape index (κ2) is 29.9. The van der Waals surface area contributed by atoms with Crippen LogP contribution in [0.5, 0.6) is 0 Å². The molecular weight excluding hydrogens is 643 g/mol. The van der Waals surface area contributed by atoms with Crippen molar-refractivity contribution >= 4 is 19.8 Å². The van der Waals surface area contributed by atoms with Crippen molar-refractivity contribution in [1.82, 2.24) is 0 Å². The Morgan fingerprint density at radius 1 is 0.714 bits per heavy atom. The maximum Gasteiger partial charge on any atom is 0.469 e. The number of esters is 2. The molecular formula is C39H69O9P. The van der Waals surface area contributed by atoms with Crippen LogP contribution in [0.25, 0.3) is 0 Å². The zero-order valence-electron chi connectivity index (χ0n) is 30.9. The number of carbonyl (C=O) groups is 2. The Labute approximate surface area is 297 Å². The van der Waals surface area contributed by atoms with Gasteiger partial charge in [-0.15, -0.1) is 0 Å². The van der Waals surface area contributed by atoms with Crippen LogP contribution in [0.2, 0.25) is 0 Å². The second-order valence-electron chi connectivity index (χ2n) is 13.8. The Hall–Kier alpha value is -1.77. The van der Waals surface area contributed by atoms with E-state index in [1.54, 1.807) is 0 Å². The molecule has 0 radical (unpaired) electrons. The summed E-state index contributed by atoms with van der Waals surface area (Å²) < 4.78 is 32.0. The fraction of sp³-hybridized carbons (Fsp3) is 0.795. The second-order valence-corrected chi connectivity index (χ2v) is 15.0. The molecule has 2 unspecified atom stereocenters. The molecule has 2 N–H and O–H groups in total. The number of phosphoric ester groups is 1. The third-order valence-electron chi connectivity index (χ3n) is 8.51. The molecule has 0 spiro atoms. The molecule has 9 nitrogen and oxygen atoms in total. The van der Waals surface area contributed by atoms with Crippen LogP contribution in [0.4, 0.5) is 0 Å². The van der Waals surface area contributed by atoms with Gasteiger partial charge >= 0.3 is 19.8 Å². The number of allylic oxidation sites excluding steroid dienone is 5. The summed E-state index contributed by atoms with van der Waals surface area (Å²) in [5.74, 6) is -0.164. The first-order valence-corrected chi connectivity index (χ1v) is 20.8. The van der Waals surface area contributed by atoms with E-state index in [0.717, 1.165) is 50.9 Å². The Kier molecular flexibility index (Phi) is 27.6. The van der Waals surface area contributed by atoms with Gasteiger partial charge in [-0.1, -0.05) is 141 Å². The van der Waals surface area contributed by atoms with Crippen LogP contribution in [0.1, 0.15) is 162 Å². The maximum absolute atomic E-state index is 12.4. The minimum atomic E-state index is -4.76. The summed E-state index contributed by atoms with van der Waals surface area (Å²) in [4.78, 5) is 42.7. The summed E-state index contributed by atoms with van der Waals surface area (Å²) in [6, 6.07) is 0. The van der Waals surface area contributed by atoms with Gasteiger partial charge in [-0.25, -0.2) is 4.57 Å². The van der Waals surface area contributed by atoms with Gasteiger partial charge in [-0.2, -0.15) is 0 Å². The molecule has 0 bridgehead atoms. The number of phosphoric acid groups is 1. The first-order valence-electron chi connectivity index (χ1n) is 19.3. The lowest BCUT2D eigenvalue weighted by Gasteiger charge is -2.18. The van der Waals surface area contributed by atoms with Crippen LogP contribution < -0.4 is 0 Å². The predicted molar refractivity (Wildman–Crippen MR) is 197 cm³/mol. The molecule has 0 aromatic rings. The number of carbonyl (C=O) groups excluding carboxylic acids is 2. The summed E-state index contributed by atoms with van der Waals surface area (Å²) >= 11 is 0. The van der Waals surface area contributed by atoms with Gasteiger partial charge in [0.25, 0.3) is 0 Å². The molecule has 1 rings (SSSR count). The lowest BCUT2D eigenvalue weighted by molar-refractivity contribution is -0.161. The fourth-order valence-corrected chi connectivity index (χ4v) is 5.89. The van der Waals surface area contributed by atoms with Crippen molar-refractivity contribution in [1.29, 1.82) is 0 Å². The van der Waals surface area contributed by atoms with Crippen LogP contribution in [0.3, 0.4) is 0 Å². The highest BCUT2D eigenvalue weighted by Gasteiger charge is 2.36. The van der Waals surface area contributed by atoms with E-state index in [-0.39, 0.29) is 19.4 Å². The van der Waals surface area contributed by atoms with Crippen molar-refractivity contribution in [2.75, 3.05) is 13.2 Å². The van der Waals surface area contributed by atoms with Crippen molar-refractivity contribution in [2.45, 2.75) is 180 Å². The normalized spacial score (nSPS) is 17.1. The highest BCUT2D eigenvalue weighted by Crippen LogP contribution is 2.36. The quantitative estimate of drug-likeness (QED) is 0.0224. The minimum Gasteiger partial charge on any atom is -0.462 e. The lowest BCUT2D eigenvalue weighted by Crippen LogP contribution is -2.29. The Bertz CT molecular complexity index is 972. The SMILES string of the molecule is CCCCCC1OC1C/C=C\C/C=C\C/C=C\CCCC(=O)OC[C@H](COP(=O)(O)O)OC(=O)CCCCCCCCCCCCC(C)C. The molecule has 1 saturated heterocycles. The molecule has 0 aliphatic carbocycles. The summed E-state index contributed by atoms with van der Waals surface area (Å²) in [5, 5.41) is 0. The standard InChI is InChI=1S/C39H69O9P/c1-4-5-22-28-36-37(48-36)29-24-19-15-11-7-9-12-16-20-25-30-38(40)45-32-35(33-46-49(42,43)44)47-39(41)31-26-21-17-13-8-6-10-14-18-23-27-34(2)3/h7,11-12,16,19,24,34-37H,4-6,8-10,13-15,17-18,20-23,25-33H2,1-3H3,(H2,42,43,44)/b11-7-,16-12-,24-19-/t35-,36?,37?/m1/s1. The number of ether oxygens (including phenoxy) is 3. The predicted octanol–water partition coefficient (Wildman–Crippen LogP) is 10.2. The summed E-state index contributed by atoms with van der Waals surface area (Å²) in [7, 11) is -4.76. The van der Waals surface area contributed by atoms with Crippen molar-refractivity contribution in [2.24, 2.45) is 5.92 Å². The molecule has 1 fully saturated rings.